The van der Waals surface area contributed by atoms with Crippen molar-refractivity contribution >= 4 is 11.6 Å². The van der Waals surface area contributed by atoms with Crippen LogP contribution < -0.4 is 5.73 Å². The molecule has 1 aromatic carbocycles. The Balaban J connectivity index is 2.25. The van der Waals surface area contributed by atoms with Gasteiger partial charge in [0, 0.05) is 5.56 Å². The largest absolute Gasteiger partial charge is 0.416 e. The molecule has 0 saturated carbocycles. The lowest BCUT2D eigenvalue weighted by atomic mass is 10.1. The zero-order valence-corrected chi connectivity index (χ0v) is 12.0. The Morgan fingerprint density at radius 3 is 2.57 bits per heavy atom. The van der Waals surface area contributed by atoms with Crippen LogP contribution in [0.3, 0.4) is 0 Å². The van der Waals surface area contributed by atoms with Gasteiger partial charge in [-0.15, -0.1) is 0 Å². The summed E-state index contributed by atoms with van der Waals surface area (Å²) in [6, 6.07) is 5.42. The van der Waals surface area contributed by atoms with Crippen LogP contribution in [-0.4, -0.2) is 16.3 Å². The standard InChI is InChI=1S/C14H15ClF3N3/c15-13-10(5-3-7-19)8-20-21(13)9-11-4-1-2-6-12(11)14(16,17)18/h1-2,4,6,8H,3,5,7,9,19H2. The summed E-state index contributed by atoms with van der Waals surface area (Å²) >= 11 is 6.15. The van der Waals surface area contributed by atoms with Crippen LogP contribution in [0, 0.1) is 0 Å². The van der Waals surface area contributed by atoms with Gasteiger partial charge in [-0.2, -0.15) is 18.3 Å². The molecular weight excluding hydrogens is 303 g/mol. The Labute approximate surface area is 125 Å². The molecule has 7 heteroatoms. The minimum atomic E-state index is -4.39. The summed E-state index contributed by atoms with van der Waals surface area (Å²) in [6.07, 6.45) is -1.40. The van der Waals surface area contributed by atoms with Crippen molar-refractivity contribution in [2.75, 3.05) is 6.54 Å². The predicted molar refractivity (Wildman–Crippen MR) is 75.2 cm³/mol. The van der Waals surface area contributed by atoms with E-state index >= 15 is 0 Å². The highest BCUT2D eigenvalue weighted by Gasteiger charge is 2.33. The lowest BCUT2D eigenvalue weighted by Gasteiger charge is -2.13. The molecule has 114 valence electrons. The lowest BCUT2D eigenvalue weighted by molar-refractivity contribution is -0.138. The van der Waals surface area contributed by atoms with Crippen molar-refractivity contribution in [1.29, 1.82) is 0 Å². The highest BCUT2D eigenvalue weighted by atomic mass is 35.5. The van der Waals surface area contributed by atoms with Crippen LogP contribution in [0.25, 0.3) is 0 Å². The van der Waals surface area contributed by atoms with Crippen LogP contribution in [0.15, 0.2) is 30.5 Å². The van der Waals surface area contributed by atoms with Gasteiger partial charge in [0.25, 0.3) is 0 Å². The van der Waals surface area contributed by atoms with Crippen molar-refractivity contribution in [3.8, 4) is 0 Å². The van der Waals surface area contributed by atoms with E-state index in [9.17, 15) is 13.2 Å². The Kier molecular flexibility index (Phi) is 4.90. The first-order chi connectivity index (χ1) is 9.93. The van der Waals surface area contributed by atoms with Crippen LogP contribution in [-0.2, 0) is 19.1 Å². The maximum Gasteiger partial charge on any atom is 0.416 e. The molecule has 2 N–H and O–H groups in total. The molecule has 0 spiro atoms. The van der Waals surface area contributed by atoms with Gasteiger partial charge in [0.05, 0.1) is 18.3 Å². The summed E-state index contributed by atoms with van der Waals surface area (Å²) in [5.74, 6) is 0. The molecule has 2 rings (SSSR count). The molecule has 2 aromatic rings. The minimum Gasteiger partial charge on any atom is -0.330 e. The molecular formula is C14H15ClF3N3. The molecule has 0 bridgehead atoms. The molecule has 21 heavy (non-hydrogen) atoms. The normalized spacial score (nSPS) is 11.9. The number of rotatable bonds is 5. The third-order valence-corrected chi connectivity index (χ3v) is 3.58. The predicted octanol–water partition coefficient (Wildman–Crippen LogP) is 3.49. The Hall–Kier alpha value is -1.53. The molecule has 0 aliphatic rings. The zero-order valence-electron chi connectivity index (χ0n) is 11.2. The van der Waals surface area contributed by atoms with Crippen molar-refractivity contribution in [2.45, 2.75) is 25.6 Å². The van der Waals surface area contributed by atoms with E-state index in [4.69, 9.17) is 17.3 Å². The first-order valence-electron chi connectivity index (χ1n) is 6.49. The summed E-state index contributed by atoms with van der Waals surface area (Å²) in [5.41, 5.74) is 5.70. The van der Waals surface area contributed by atoms with Gasteiger partial charge in [-0.3, -0.25) is 0 Å². The van der Waals surface area contributed by atoms with Gasteiger partial charge < -0.3 is 5.73 Å². The molecule has 0 amide bonds. The summed E-state index contributed by atoms with van der Waals surface area (Å²) in [6.45, 7) is 0.509. The fraction of sp³-hybridized carbons (Fsp3) is 0.357. The SMILES string of the molecule is NCCCc1cnn(Cc2ccccc2C(F)(F)F)c1Cl. The average molecular weight is 318 g/mol. The van der Waals surface area contributed by atoms with Crippen molar-refractivity contribution in [1.82, 2.24) is 9.78 Å². The number of aryl methyl sites for hydroxylation is 1. The van der Waals surface area contributed by atoms with Crippen molar-refractivity contribution < 1.29 is 13.2 Å². The van der Waals surface area contributed by atoms with E-state index in [1.807, 2.05) is 0 Å². The van der Waals surface area contributed by atoms with Gasteiger partial charge in [-0.25, -0.2) is 4.68 Å². The van der Waals surface area contributed by atoms with E-state index in [1.54, 1.807) is 12.3 Å². The van der Waals surface area contributed by atoms with Crippen molar-refractivity contribution in [3.63, 3.8) is 0 Å². The average Bonchev–Trinajstić information content (AvgIpc) is 2.77. The number of nitrogens with zero attached hydrogens (tertiary/aromatic N) is 2. The molecule has 0 radical (unpaired) electrons. The topological polar surface area (TPSA) is 43.8 Å². The number of aromatic nitrogens is 2. The highest BCUT2D eigenvalue weighted by Crippen LogP contribution is 2.32. The number of halogens is 4. The second-order valence-electron chi connectivity index (χ2n) is 4.67. The summed E-state index contributed by atoms with van der Waals surface area (Å²) < 4.78 is 40.2. The molecule has 0 aliphatic carbocycles. The Morgan fingerprint density at radius 1 is 1.19 bits per heavy atom. The van der Waals surface area contributed by atoms with Crippen molar-refractivity contribution in [3.05, 3.63) is 52.3 Å². The molecule has 0 atom stereocenters. The van der Waals surface area contributed by atoms with E-state index in [0.29, 0.717) is 18.1 Å². The lowest BCUT2D eigenvalue weighted by Crippen LogP contribution is -2.12. The second-order valence-corrected chi connectivity index (χ2v) is 5.02. The van der Waals surface area contributed by atoms with Crippen LogP contribution in [0.2, 0.25) is 5.15 Å². The maximum absolute atomic E-state index is 12.9. The van der Waals surface area contributed by atoms with E-state index in [0.717, 1.165) is 18.1 Å². The van der Waals surface area contributed by atoms with Crippen LogP contribution in [0.4, 0.5) is 13.2 Å². The monoisotopic (exact) mass is 317 g/mol. The molecule has 0 fully saturated rings. The quantitative estimate of drug-likeness (QED) is 0.917. The van der Waals surface area contributed by atoms with E-state index in [1.165, 1.54) is 16.8 Å². The third-order valence-electron chi connectivity index (χ3n) is 3.14. The molecule has 3 nitrogen and oxygen atoms in total. The smallest absolute Gasteiger partial charge is 0.330 e. The number of alkyl halides is 3. The van der Waals surface area contributed by atoms with E-state index in [2.05, 4.69) is 5.10 Å². The number of hydrogen-bond acceptors (Lipinski definition) is 2. The minimum absolute atomic E-state index is 0.0167. The van der Waals surface area contributed by atoms with Crippen molar-refractivity contribution in [2.24, 2.45) is 5.73 Å². The van der Waals surface area contributed by atoms with Crippen LogP contribution in [0.5, 0.6) is 0 Å². The molecule has 0 unspecified atom stereocenters. The molecule has 1 heterocycles. The maximum atomic E-state index is 12.9. The zero-order chi connectivity index (χ0) is 15.5. The van der Waals surface area contributed by atoms with Crippen LogP contribution in [0.1, 0.15) is 23.1 Å². The Bertz CT molecular complexity index is 608. The second kappa shape index (κ2) is 6.49. The Morgan fingerprint density at radius 2 is 1.90 bits per heavy atom. The summed E-state index contributed by atoms with van der Waals surface area (Å²) in [4.78, 5) is 0. The molecule has 0 saturated heterocycles. The van der Waals surface area contributed by atoms with Gasteiger partial charge in [0.2, 0.25) is 0 Å². The highest BCUT2D eigenvalue weighted by molar-refractivity contribution is 6.30. The number of nitrogens with two attached hydrogens (primary N) is 1. The number of hydrogen-bond donors (Lipinski definition) is 1. The van der Waals surface area contributed by atoms with Gasteiger partial charge in [-0.1, -0.05) is 29.8 Å². The fourth-order valence-corrected chi connectivity index (χ4v) is 2.32. The molecule has 1 aromatic heterocycles. The van der Waals surface area contributed by atoms with E-state index < -0.39 is 11.7 Å². The summed E-state index contributed by atoms with van der Waals surface area (Å²) in [7, 11) is 0. The third kappa shape index (κ3) is 3.77. The van der Waals surface area contributed by atoms with Gasteiger partial charge in [0.1, 0.15) is 5.15 Å². The fourth-order valence-electron chi connectivity index (χ4n) is 2.08. The first-order valence-corrected chi connectivity index (χ1v) is 6.86. The van der Waals surface area contributed by atoms with E-state index in [-0.39, 0.29) is 12.1 Å². The van der Waals surface area contributed by atoms with Crippen LogP contribution >= 0.6 is 11.6 Å². The molecule has 0 aliphatic heterocycles. The number of benzene rings is 1. The summed E-state index contributed by atoms with van der Waals surface area (Å²) in [5, 5.41) is 4.43. The van der Waals surface area contributed by atoms with Gasteiger partial charge in [-0.05, 0) is 31.0 Å². The van der Waals surface area contributed by atoms with Gasteiger partial charge in [0.15, 0.2) is 0 Å². The first kappa shape index (κ1) is 15.9. The van der Waals surface area contributed by atoms with Gasteiger partial charge >= 0.3 is 6.18 Å².